The van der Waals surface area contributed by atoms with E-state index < -0.39 is 28.6 Å². The normalized spacial score (nSPS) is 30.7. The van der Waals surface area contributed by atoms with Crippen molar-refractivity contribution in [3.05, 3.63) is 94.3 Å². The van der Waals surface area contributed by atoms with Crippen LogP contribution in [0.3, 0.4) is 0 Å². The fraction of sp³-hybridized carbons (Fsp3) is 0.296. The van der Waals surface area contributed by atoms with Crippen molar-refractivity contribution >= 4 is 17.5 Å². The molecule has 1 amide bonds. The number of nitriles is 1. The van der Waals surface area contributed by atoms with Gasteiger partial charge in [-0.2, -0.15) is 5.26 Å². The number of carbonyl (C=O) groups is 1. The molecule has 1 saturated carbocycles. The van der Waals surface area contributed by atoms with Gasteiger partial charge in [-0.05, 0) is 30.2 Å². The minimum Gasteiger partial charge on any atom is -0.476 e. The number of rotatable bonds is 3. The summed E-state index contributed by atoms with van der Waals surface area (Å²) in [6.45, 7) is 1.45. The van der Waals surface area contributed by atoms with Crippen LogP contribution in [-0.2, 0) is 16.0 Å². The number of aromatic nitrogens is 1. The Morgan fingerprint density at radius 3 is 2.40 bits per heavy atom. The minimum atomic E-state index is -2.13. The third-order valence-electron chi connectivity index (χ3n) is 7.39. The van der Waals surface area contributed by atoms with E-state index in [1.54, 1.807) is 44.4 Å². The van der Waals surface area contributed by atoms with Crippen molar-refractivity contribution < 1.29 is 19.7 Å². The van der Waals surface area contributed by atoms with Crippen LogP contribution >= 0.6 is 11.6 Å². The lowest BCUT2D eigenvalue weighted by Crippen LogP contribution is -2.58. The molecule has 1 aromatic heterocycles. The largest absolute Gasteiger partial charge is 0.476 e. The molecule has 0 bridgehead atoms. The average molecular weight is 490 g/mol. The van der Waals surface area contributed by atoms with Crippen LogP contribution in [0.2, 0.25) is 5.02 Å². The Morgan fingerprint density at radius 1 is 1.14 bits per heavy atom. The number of hydrogen-bond donors (Lipinski definition) is 2. The van der Waals surface area contributed by atoms with Crippen LogP contribution in [0.25, 0.3) is 0 Å². The molecule has 178 valence electrons. The molecule has 0 saturated heterocycles. The highest BCUT2D eigenvalue weighted by Crippen LogP contribution is 2.71. The first-order chi connectivity index (χ1) is 16.6. The quantitative estimate of drug-likeness (QED) is 0.584. The molecule has 0 spiro atoms. The van der Waals surface area contributed by atoms with Crippen molar-refractivity contribution in [1.29, 1.82) is 5.26 Å². The third-order valence-corrected chi connectivity index (χ3v) is 7.59. The molecule has 1 fully saturated rings. The molecule has 0 radical (unpaired) electrons. The van der Waals surface area contributed by atoms with Crippen LogP contribution in [0.15, 0.2) is 66.9 Å². The summed E-state index contributed by atoms with van der Waals surface area (Å²) in [5.74, 6) is -2.05. The molecule has 2 aromatic carbocycles. The Kier molecular flexibility index (Phi) is 5.19. The second-order valence-electron chi connectivity index (χ2n) is 9.48. The van der Waals surface area contributed by atoms with Crippen molar-refractivity contribution in [2.45, 2.75) is 29.6 Å². The molecule has 5 rings (SSSR count). The van der Waals surface area contributed by atoms with Gasteiger partial charge in [0.05, 0.1) is 22.6 Å². The van der Waals surface area contributed by atoms with Crippen molar-refractivity contribution in [1.82, 2.24) is 9.88 Å². The van der Waals surface area contributed by atoms with Crippen molar-refractivity contribution in [3.8, 4) is 11.8 Å². The van der Waals surface area contributed by atoms with Gasteiger partial charge in [0.15, 0.2) is 11.2 Å². The number of aliphatic hydroxyl groups is 2. The topological polar surface area (TPSA) is 107 Å². The number of carbonyl (C=O) groups excluding carboxylic acids is 1. The van der Waals surface area contributed by atoms with E-state index >= 15 is 0 Å². The average Bonchev–Trinajstić information content (AvgIpc) is 3.19. The molecule has 7 nitrogen and oxygen atoms in total. The zero-order valence-electron chi connectivity index (χ0n) is 19.4. The minimum absolute atomic E-state index is 0.103. The van der Waals surface area contributed by atoms with E-state index in [2.05, 4.69) is 11.1 Å². The van der Waals surface area contributed by atoms with Gasteiger partial charge in [-0.3, -0.25) is 9.78 Å². The first kappa shape index (κ1) is 23.3. The Bertz CT molecular complexity index is 1350. The first-order valence-corrected chi connectivity index (χ1v) is 11.5. The summed E-state index contributed by atoms with van der Waals surface area (Å²) in [4.78, 5) is 19.5. The van der Waals surface area contributed by atoms with Gasteiger partial charge in [0, 0.05) is 32.3 Å². The highest BCUT2D eigenvalue weighted by molar-refractivity contribution is 6.30. The number of nitrogens with zero attached hydrogens (tertiary/aromatic N) is 3. The van der Waals surface area contributed by atoms with Gasteiger partial charge in [-0.1, -0.05) is 54.1 Å². The Morgan fingerprint density at radius 2 is 1.80 bits per heavy atom. The van der Waals surface area contributed by atoms with Gasteiger partial charge < -0.3 is 19.8 Å². The second kappa shape index (κ2) is 7.79. The lowest BCUT2D eigenvalue weighted by molar-refractivity contribution is -0.199. The van der Waals surface area contributed by atoms with Gasteiger partial charge in [0.2, 0.25) is 5.91 Å². The van der Waals surface area contributed by atoms with E-state index in [1.165, 1.54) is 18.0 Å². The maximum absolute atomic E-state index is 13.7. The predicted molar refractivity (Wildman–Crippen MR) is 129 cm³/mol. The Labute approximate surface area is 208 Å². The lowest BCUT2D eigenvalue weighted by Gasteiger charge is -2.42. The zero-order valence-corrected chi connectivity index (χ0v) is 20.2. The molecule has 1 aliphatic carbocycles. The van der Waals surface area contributed by atoms with Gasteiger partial charge in [0.1, 0.15) is 17.0 Å². The number of benzene rings is 2. The molecule has 2 heterocycles. The summed E-state index contributed by atoms with van der Waals surface area (Å²) >= 11 is 6.22. The second-order valence-corrected chi connectivity index (χ2v) is 9.92. The smallest absolute Gasteiger partial charge is 0.228 e. The number of ether oxygens (including phenoxy) is 1. The monoisotopic (exact) mass is 489 g/mol. The number of hydrogen-bond acceptors (Lipinski definition) is 6. The van der Waals surface area contributed by atoms with Crippen LogP contribution in [0, 0.1) is 17.2 Å². The fourth-order valence-electron chi connectivity index (χ4n) is 5.87. The van der Waals surface area contributed by atoms with Crippen LogP contribution in [0.1, 0.15) is 35.2 Å². The molecule has 5 atom stereocenters. The van der Waals surface area contributed by atoms with E-state index in [4.69, 9.17) is 16.3 Å². The van der Waals surface area contributed by atoms with Crippen LogP contribution < -0.4 is 4.74 Å². The molecular weight excluding hydrogens is 466 g/mol. The van der Waals surface area contributed by atoms with Crippen LogP contribution in [0.4, 0.5) is 0 Å². The van der Waals surface area contributed by atoms with E-state index in [1.807, 2.05) is 30.3 Å². The lowest BCUT2D eigenvalue weighted by atomic mass is 9.70. The highest BCUT2D eigenvalue weighted by Gasteiger charge is 2.82. The summed E-state index contributed by atoms with van der Waals surface area (Å²) in [7, 11) is 3.22. The van der Waals surface area contributed by atoms with Crippen molar-refractivity contribution in [2.24, 2.45) is 5.92 Å². The molecule has 1 aliphatic heterocycles. The van der Waals surface area contributed by atoms with Gasteiger partial charge in [-0.15, -0.1) is 0 Å². The summed E-state index contributed by atoms with van der Waals surface area (Å²) in [6, 6.07) is 19.5. The molecule has 2 aliphatic rings. The molecule has 3 aromatic rings. The number of pyridine rings is 1. The standard InChI is InChI=1S/C27H24ClN3O4/c1-25(33)22(24(32)31(2)3)21(17-7-5-4-6-8-17)26(18-11-9-16(14-29)10-12-18)27(25,34)23-20(35-26)13-19(28)15-30-23/h4-13,15,21-22,33-34H,1-3H3/t21-,22+,25+,26+,27+/m1/s1. The SMILES string of the molecule is CN(C)C(=O)[C@@H]1[C@@H](c2ccccc2)[C@]2(c3ccc(C#N)cc3)Oc3cc(Cl)cnc3[C@]2(O)[C@@]1(C)O. The van der Waals surface area contributed by atoms with E-state index in [-0.39, 0.29) is 17.4 Å². The van der Waals surface area contributed by atoms with E-state index in [0.717, 1.165) is 0 Å². The molecule has 2 N–H and O–H groups in total. The number of amides is 1. The van der Waals surface area contributed by atoms with Crippen LogP contribution in [0.5, 0.6) is 5.75 Å². The number of fused-ring (bicyclic) bond motifs is 3. The van der Waals surface area contributed by atoms with E-state index in [9.17, 15) is 20.3 Å². The molecular formula is C27H24ClN3O4. The maximum Gasteiger partial charge on any atom is 0.228 e. The Hall–Kier alpha value is -3.44. The summed E-state index contributed by atoms with van der Waals surface area (Å²) < 4.78 is 6.61. The highest BCUT2D eigenvalue weighted by atomic mass is 35.5. The predicted octanol–water partition coefficient (Wildman–Crippen LogP) is 3.33. The van der Waals surface area contributed by atoms with Crippen LogP contribution in [-0.4, -0.2) is 45.7 Å². The van der Waals surface area contributed by atoms with Crippen molar-refractivity contribution in [2.75, 3.05) is 14.1 Å². The molecule has 8 heteroatoms. The van der Waals surface area contributed by atoms with E-state index in [0.29, 0.717) is 21.7 Å². The Balaban J connectivity index is 1.91. The van der Waals surface area contributed by atoms with Gasteiger partial charge in [0.25, 0.3) is 0 Å². The summed E-state index contributed by atoms with van der Waals surface area (Å²) in [5.41, 5.74) is -4.07. The zero-order chi connectivity index (χ0) is 25.2. The maximum atomic E-state index is 13.7. The fourth-order valence-corrected chi connectivity index (χ4v) is 6.02. The van der Waals surface area contributed by atoms with Gasteiger partial charge in [-0.25, -0.2) is 0 Å². The molecule has 0 unspecified atom stereocenters. The third kappa shape index (κ3) is 2.91. The van der Waals surface area contributed by atoms with Crippen molar-refractivity contribution in [3.63, 3.8) is 0 Å². The molecule has 35 heavy (non-hydrogen) atoms. The first-order valence-electron chi connectivity index (χ1n) is 11.2. The summed E-state index contributed by atoms with van der Waals surface area (Å²) in [5, 5.41) is 34.5. The van der Waals surface area contributed by atoms with Gasteiger partial charge >= 0.3 is 0 Å². The summed E-state index contributed by atoms with van der Waals surface area (Å²) in [6.07, 6.45) is 1.38. The number of halogens is 1.